The molecule has 17 heavy (non-hydrogen) atoms. The van der Waals surface area contributed by atoms with Crippen LogP contribution in [-0.2, 0) is 17.6 Å². The molecule has 0 spiro atoms. The van der Waals surface area contributed by atoms with E-state index in [1.54, 1.807) is 0 Å². The van der Waals surface area contributed by atoms with Crippen LogP contribution in [0.2, 0.25) is 0 Å². The summed E-state index contributed by atoms with van der Waals surface area (Å²) in [6.45, 7) is 5.00. The van der Waals surface area contributed by atoms with Crippen LogP contribution in [0.3, 0.4) is 0 Å². The zero-order chi connectivity index (χ0) is 12.3. The van der Waals surface area contributed by atoms with Gasteiger partial charge in [-0.1, -0.05) is 31.2 Å². The van der Waals surface area contributed by atoms with Crippen LogP contribution in [0.15, 0.2) is 24.3 Å². The Bertz CT molecular complexity index is 344. The molecule has 1 aliphatic rings. The van der Waals surface area contributed by atoms with Gasteiger partial charge >= 0.3 is 0 Å². The molecule has 1 aliphatic heterocycles. The van der Waals surface area contributed by atoms with Gasteiger partial charge in [0.1, 0.15) is 0 Å². The van der Waals surface area contributed by atoms with Gasteiger partial charge in [-0.15, -0.1) is 0 Å². The molecule has 1 N–H and O–H groups in total. The lowest BCUT2D eigenvalue weighted by Gasteiger charge is -2.21. The summed E-state index contributed by atoms with van der Waals surface area (Å²) in [5.74, 6) is 0.292. The molecule has 1 heterocycles. The third-order valence-electron chi connectivity index (χ3n) is 3.81. The van der Waals surface area contributed by atoms with Gasteiger partial charge in [0.2, 0.25) is 0 Å². The minimum atomic E-state index is -0.278. The number of hydrogen-bond donors (Lipinski definition) is 1. The summed E-state index contributed by atoms with van der Waals surface area (Å²) in [4.78, 5) is 0. The minimum Gasteiger partial charge on any atom is -0.392 e. The third-order valence-corrected chi connectivity index (χ3v) is 3.81. The summed E-state index contributed by atoms with van der Waals surface area (Å²) >= 11 is 0. The van der Waals surface area contributed by atoms with E-state index in [4.69, 9.17) is 4.74 Å². The Morgan fingerprint density at radius 2 is 1.94 bits per heavy atom. The number of aliphatic hydroxyl groups excluding tert-OH is 1. The number of rotatable bonds is 4. The maximum Gasteiger partial charge on any atom is 0.0634 e. The average Bonchev–Trinajstić information content (AvgIpc) is 2.76. The maximum absolute atomic E-state index is 10.2. The first-order valence-electron chi connectivity index (χ1n) is 6.58. The summed E-state index contributed by atoms with van der Waals surface area (Å²) in [6.07, 6.45) is 2.70. The highest BCUT2D eigenvalue weighted by atomic mass is 16.5. The zero-order valence-corrected chi connectivity index (χ0v) is 10.7. The average molecular weight is 234 g/mol. The summed E-state index contributed by atoms with van der Waals surface area (Å²) in [6, 6.07) is 8.55. The predicted molar refractivity (Wildman–Crippen MR) is 69.1 cm³/mol. The Morgan fingerprint density at radius 1 is 1.29 bits per heavy atom. The molecule has 3 unspecified atom stereocenters. The fraction of sp³-hybridized carbons (Fsp3) is 0.600. The van der Waals surface area contributed by atoms with Crippen LogP contribution in [-0.4, -0.2) is 23.9 Å². The zero-order valence-electron chi connectivity index (χ0n) is 10.7. The van der Waals surface area contributed by atoms with Crippen molar-refractivity contribution in [2.45, 2.75) is 45.3 Å². The summed E-state index contributed by atoms with van der Waals surface area (Å²) in [5, 5.41) is 10.2. The van der Waals surface area contributed by atoms with Crippen molar-refractivity contribution in [2.24, 2.45) is 5.92 Å². The molecule has 0 amide bonds. The van der Waals surface area contributed by atoms with Crippen LogP contribution in [0, 0.1) is 5.92 Å². The van der Waals surface area contributed by atoms with Gasteiger partial charge in [-0.2, -0.15) is 0 Å². The van der Waals surface area contributed by atoms with Crippen molar-refractivity contribution in [3.63, 3.8) is 0 Å². The van der Waals surface area contributed by atoms with Crippen molar-refractivity contribution < 1.29 is 9.84 Å². The fourth-order valence-corrected chi connectivity index (χ4v) is 2.56. The largest absolute Gasteiger partial charge is 0.392 e. The Kier molecular flexibility index (Phi) is 4.19. The highest BCUT2D eigenvalue weighted by Crippen LogP contribution is 2.25. The molecule has 1 saturated heterocycles. The quantitative estimate of drug-likeness (QED) is 0.867. The molecule has 1 aromatic rings. The lowest BCUT2D eigenvalue weighted by atomic mass is 9.91. The normalized spacial score (nSPS) is 26.1. The molecular weight excluding hydrogens is 212 g/mol. The van der Waals surface area contributed by atoms with E-state index in [-0.39, 0.29) is 12.2 Å². The van der Waals surface area contributed by atoms with Crippen LogP contribution in [0.5, 0.6) is 0 Å². The molecule has 0 saturated carbocycles. The van der Waals surface area contributed by atoms with Crippen molar-refractivity contribution in [3.8, 4) is 0 Å². The standard InChI is InChI=1S/C15H22O2/c1-3-12-4-6-13(7-5-12)10-15(16)14-8-9-17-11(14)2/h4-7,11,14-16H,3,8-10H2,1-2H3. The van der Waals surface area contributed by atoms with Crippen LogP contribution in [0.4, 0.5) is 0 Å². The second-order valence-corrected chi connectivity index (χ2v) is 4.97. The van der Waals surface area contributed by atoms with E-state index in [1.807, 2.05) is 0 Å². The fourth-order valence-electron chi connectivity index (χ4n) is 2.56. The van der Waals surface area contributed by atoms with E-state index in [2.05, 4.69) is 38.1 Å². The molecule has 0 radical (unpaired) electrons. The number of hydrogen-bond acceptors (Lipinski definition) is 2. The van der Waals surface area contributed by atoms with Gasteiger partial charge in [0, 0.05) is 12.5 Å². The molecular formula is C15H22O2. The van der Waals surface area contributed by atoms with Crippen LogP contribution < -0.4 is 0 Å². The first-order valence-corrected chi connectivity index (χ1v) is 6.58. The van der Waals surface area contributed by atoms with E-state index in [0.717, 1.165) is 25.9 Å². The summed E-state index contributed by atoms with van der Waals surface area (Å²) < 4.78 is 5.50. The Balaban J connectivity index is 1.95. The van der Waals surface area contributed by atoms with Gasteiger partial charge in [-0.3, -0.25) is 0 Å². The smallest absolute Gasteiger partial charge is 0.0634 e. The lowest BCUT2D eigenvalue weighted by molar-refractivity contribution is 0.0441. The molecule has 2 heteroatoms. The topological polar surface area (TPSA) is 29.5 Å². The van der Waals surface area contributed by atoms with Gasteiger partial charge in [-0.05, 0) is 37.3 Å². The van der Waals surface area contributed by atoms with Gasteiger partial charge in [0.15, 0.2) is 0 Å². The number of ether oxygens (including phenoxy) is 1. The van der Waals surface area contributed by atoms with Crippen molar-refractivity contribution in [1.82, 2.24) is 0 Å². The Morgan fingerprint density at radius 3 is 2.47 bits per heavy atom. The molecule has 0 aromatic heterocycles. The van der Waals surface area contributed by atoms with E-state index >= 15 is 0 Å². The SMILES string of the molecule is CCc1ccc(CC(O)C2CCOC2C)cc1. The molecule has 0 aliphatic carbocycles. The Labute approximate surface area is 104 Å². The van der Waals surface area contributed by atoms with Gasteiger partial charge < -0.3 is 9.84 Å². The molecule has 2 nitrogen and oxygen atoms in total. The first kappa shape index (κ1) is 12.6. The van der Waals surface area contributed by atoms with Gasteiger partial charge in [0.05, 0.1) is 12.2 Å². The first-order chi connectivity index (χ1) is 8.20. The highest BCUT2D eigenvalue weighted by molar-refractivity contribution is 5.23. The number of benzene rings is 1. The van der Waals surface area contributed by atoms with Crippen molar-refractivity contribution in [2.75, 3.05) is 6.61 Å². The van der Waals surface area contributed by atoms with Crippen molar-refractivity contribution >= 4 is 0 Å². The van der Waals surface area contributed by atoms with Crippen molar-refractivity contribution in [3.05, 3.63) is 35.4 Å². The highest BCUT2D eigenvalue weighted by Gasteiger charge is 2.30. The molecule has 2 rings (SSSR count). The van der Waals surface area contributed by atoms with Crippen LogP contribution >= 0.6 is 0 Å². The summed E-state index contributed by atoms with van der Waals surface area (Å²) in [7, 11) is 0. The molecule has 3 atom stereocenters. The Hall–Kier alpha value is -0.860. The molecule has 0 bridgehead atoms. The monoisotopic (exact) mass is 234 g/mol. The molecule has 1 fully saturated rings. The van der Waals surface area contributed by atoms with E-state index < -0.39 is 0 Å². The van der Waals surface area contributed by atoms with E-state index in [0.29, 0.717) is 5.92 Å². The van der Waals surface area contributed by atoms with Gasteiger partial charge in [-0.25, -0.2) is 0 Å². The van der Waals surface area contributed by atoms with Crippen LogP contribution in [0.25, 0.3) is 0 Å². The van der Waals surface area contributed by atoms with Crippen LogP contribution in [0.1, 0.15) is 31.4 Å². The molecule has 1 aromatic carbocycles. The van der Waals surface area contributed by atoms with E-state index in [9.17, 15) is 5.11 Å². The third kappa shape index (κ3) is 3.08. The second-order valence-electron chi connectivity index (χ2n) is 4.97. The minimum absolute atomic E-state index is 0.194. The van der Waals surface area contributed by atoms with E-state index in [1.165, 1.54) is 11.1 Å². The second kappa shape index (κ2) is 5.65. The maximum atomic E-state index is 10.2. The number of aryl methyl sites for hydroxylation is 1. The summed E-state index contributed by atoms with van der Waals surface area (Å²) in [5.41, 5.74) is 2.56. The predicted octanol–water partition coefficient (Wildman–Crippen LogP) is 2.58. The molecule has 94 valence electrons. The lowest BCUT2D eigenvalue weighted by Crippen LogP contribution is -2.28. The van der Waals surface area contributed by atoms with Gasteiger partial charge in [0.25, 0.3) is 0 Å². The van der Waals surface area contributed by atoms with Crippen molar-refractivity contribution in [1.29, 1.82) is 0 Å². The number of aliphatic hydroxyl groups is 1.